The summed E-state index contributed by atoms with van der Waals surface area (Å²) in [6.45, 7) is 24.0. The van der Waals surface area contributed by atoms with Crippen molar-refractivity contribution in [3.63, 3.8) is 0 Å². The van der Waals surface area contributed by atoms with Crippen LogP contribution in [0.4, 0.5) is 0 Å². The molecule has 0 aromatic carbocycles. The molecule has 0 unspecified atom stereocenters. The molecule has 0 rings (SSSR count). The van der Waals surface area contributed by atoms with Crippen LogP contribution in [0.2, 0.25) is 0 Å². The van der Waals surface area contributed by atoms with Crippen LogP contribution < -0.4 is 0 Å². The van der Waals surface area contributed by atoms with Crippen molar-refractivity contribution in [2.45, 2.75) is 105 Å². The van der Waals surface area contributed by atoms with E-state index >= 15 is 0 Å². The first-order chi connectivity index (χ1) is 8.83. The molecule has 0 aliphatic rings. The fourth-order valence-corrected chi connectivity index (χ4v) is 8.90. The summed E-state index contributed by atoms with van der Waals surface area (Å²) in [4.78, 5) is 0. The summed E-state index contributed by atoms with van der Waals surface area (Å²) < 4.78 is 25.1. The maximum atomic E-state index is 6.28. The summed E-state index contributed by atoms with van der Waals surface area (Å²) in [6.07, 6.45) is 0. The van der Waals surface area contributed by atoms with Crippen LogP contribution in [0.5, 0.6) is 0 Å². The SMILES string of the molecule is CC(C)(C)O[Te](OC(C)(C)C)(OC(C)(C)C)OC(C)(C)C. The van der Waals surface area contributed by atoms with Crippen LogP contribution in [0.25, 0.3) is 0 Å². The molecule has 0 aromatic heterocycles. The monoisotopic (exact) mass is 422 g/mol. The average Bonchev–Trinajstić information content (AvgIpc) is 1.83. The summed E-state index contributed by atoms with van der Waals surface area (Å²) in [6, 6.07) is 0. The van der Waals surface area contributed by atoms with E-state index in [0.717, 1.165) is 0 Å². The minimum atomic E-state index is -3.99. The van der Waals surface area contributed by atoms with Crippen LogP contribution in [-0.4, -0.2) is 42.2 Å². The molecule has 0 aliphatic carbocycles. The number of hydrogen-bond donors (Lipinski definition) is 0. The van der Waals surface area contributed by atoms with Crippen molar-refractivity contribution in [3.05, 3.63) is 0 Å². The summed E-state index contributed by atoms with van der Waals surface area (Å²) in [5, 5.41) is 0. The predicted octanol–water partition coefficient (Wildman–Crippen LogP) is 4.68. The van der Waals surface area contributed by atoms with E-state index in [9.17, 15) is 0 Å². The normalized spacial score (nSPS) is 16.2. The van der Waals surface area contributed by atoms with Crippen molar-refractivity contribution in [2.75, 3.05) is 0 Å². The Kier molecular flexibility index (Phi) is 6.83. The molecule has 0 aromatic rings. The van der Waals surface area contributed by atoms with Crippen LogP contribution in [0, 0.1) is 0 Å². The topological polar surface area (TPSA) is 36.9 Å². The third kappa shape index (κ3) is 11.8. The van der Waals surface area contributed by atoms with E-state index in [1.807, 2.05) is 83.1 Å². The molecule has 4 nitrogen and oxygen atoms in total. The molecule has 0 amide bonds. The molecule has 0 saturated heterocycles. The third-order valence-electron chi connectivity index (χ3n) is 1.41. The van der Waals surface area contributed by atoms with Gasteiger partial charge in [-0.05, 0) is 0 Å². The van der Waals surface area contributed by atoms with Gasteiger partial charge >= 0.3 is 138 Å². The van der Waals surface area contributed by atoms with Crippen molar-refractivity contribution in [2.24, 2.45) is 0 Å². The van der Waals surface area contributed by atoms with E-state index in [2.05, 4.69) is 0 Å². The van der Waals surface area contributed by atoms with Crippen LogP contribution in [-0.2, 0) is 12.4 Å². The third-order valence-corrected chi connectivity index (χ3v) is 9.45. The molecule has 0 bridgehead atoms. The molecule has 0 atom stereocenters. The maximum absolute atomic E-state index is 6.28. The fraction of sp³-hybridized carbons (Fsp3) is 1.00. The fourth-order valence-electron chi connectivity index (χ4n) is 1.33. The van der Waals surface area contributed by atoms with Crippen molar-refractivity contribution in [3.8, 4) is 0 Å². The molecule has 0 radical (unpaired) electrons. The molecule has 0 saturated carbocycles. The standard InChI is InChI=1S/C16H36O4Te/c1-13(2,3)17-21(18-14(4,5)6,19-15(7,8)9)20-16(10,11)12/h1-12H3. The Morgan fingerprint density at radius 1 is 0.381 bits per heavy atom. The van der Waals surface area contributed by atoms with Gasteiger partial charge < -0.3 is 0 Å². The van der Waals surface area contributed by atoms with Gasteiger partial charge in [0.05, 0.1) is 0 Å². The second-order valence-electron chi connectivity index (χ2n) is 9.19. The van der Waals surface area contributed by atoms with Gasteiger partial charge in [0, 0.05) is 0 Å². The first-order valence-electron chi connectivity index (χ1n) is 7.48. The van der Waals surface area contributed by atoms with E-state index in [-0.39, 0.29) is 0 Å². The summed E-state index contributed by atoms with van der Waals surface area (Å²) in [5.41, 5.74) is -1.60. The van der Waals surface area contributed by atoms with E-state index < -0.39 is 42.2 Å². The zero-order chi connectivity index (χ0) is 17.3. The van der Waals surface area contributed by atoms with Crippen LogP contribution in [0.3, 0.4) is 0 Å². The Balaban J connectivity index is 5.70. The Morgan fingerprint density at radius 2 is 0.524 bits per heavy atom. The molecule has 5 heteroatoms. The summed E-state index contributed by atoms with van der Waals surface area (Å²) in [5.74, 6) is 0. The van der Waals surface area contributed by atoms with Crippen molar-refractivity contribution in [1.29, 1.82) is 0 Å². The molecular formula is C16H36O4Te. The Bertz CT molecular complexity index is 257. The first-order valence-corrected chi connectivity index (χ1v) is 11.3. The van der Waals surface area contributed by atoms with Gasteiger partial charge in [0.2, 0.25) is 0 Å². The number of rotatable bonds is 4. The van der Waals surface area contributed by atoms with E-state index in [1.54, 1.807) is 0 Å². The van der Waals surface area contributed by atoms with Crippen LogP contribution in [0.15, 0.2) is 0 Å². The molecular weight excluding hydrogens is 384 g/mol. The van der Waals surface area contributed by atoms with Crippen LogP contribution >= 0.6 is 0 Å². The molecule has 21 heavy (non-hydrogen) atoms. The van der Waals surface area contributed by atoms with Gasteiger partial charge in [-0.3, -0.25) is 0 Å². The van der Waals surface area contributed by atoms with Gasteiger partial charge in [0.15, 0.2) is 0 Å². The quantitative estimate of drug-likeness (QED) is 0.620. The Morgan fingerprint density at radius 3 is 0.619 bits per heavy atom. The van der Waals surface area contributed by atoms with E-state index in [0.29, 0.717) is 0 Å². The summed E-state index contributed by atoms with van der Waals surface area (Å²) >= 11 is -3.99. The molecule has 130 valence electrons. The Labute approximate surface area is 137 Å². The van der Waals surface area contributed by atoms with E-state index in [4.69, 9.17) is 12.4 Å². The van der Waals surface area contributed by atoms with Gasteiger partial charge in [-0.15, -0.1) is 0 Å². The molecule has 0 fully saturated rings. The summed E-state index contributed by atoms with van der Waals surface area (Å²) in [7, 11) is 0. The van der Waals surface area contributed by atoms with Crippen molar-refractivity contribution in [1.82, 2.24) is 0 Å². The van der Waals surface area contributed by atoms with Gasteiger partial charge in [0.1, 0.15) is 0 Å². The second kappa shape index (κ2) is 6.63. The van der Waals surface area contributed by atoms with Crippen molar-refractivity contribution >= 4 is 19.8 Å². The first kappa shape index (κ1) is 21.6. The van der Waals surface area contributed by atoms with Gasteiger partial charge in [-0.1, -0.05) is 0 Å². The Hall–Kier alpha value is 0.630. The van der Waals surface area contributed by atoms with Crippen molar-refractivity contribution < 1.29 is 12.4 Å². The van der Waals surface area contributed by atoms with Crippen LogP contribution in [0.1, 0.15) is 83.1 Å². The minimum absolute atomic E-state index is 0.400. The van der Waals surface area contributed by atoms with E-state index in [1.165, 1.54) is 0 Å². The number of hydrogen-bond acceptors (Lipinski definition) is 4. The van der Waals surface area contributed by atoms with Gasteiger partial charge in [-0.2, -0.15) is 0 Å². The zero-order valence-electron chi connectivity index (χ0n) is 16.0. The van der Waals surface area contributed by atoms with Gasteiger partial charge in [-0.25, -0.2) is 0 Å². The molecule has 0 aliphatic heterocycles. The second-order valence-corrected chi connectivity index (χ2v) is 13.4. The molecule has 0 N–H and O–H groups in total. The molecule has 0 spiro atoms. The van der Waals surface area contributed by atoms with Gasteiger partial charge in [0.25, 0.3) is 0 Å². The average molecular weight is 420 g/mol. The zero-order valence-corrected chi connectivity index (χ0v) is 18.4. The molecule has 0 heterocycles. The predicted molar refractivity (Wildman–Crippen MR) is 89.1 cm³/mol.